The Morgan fingerprint density at radius 2 is 1.43 bits per heavy atom. The minimum atomic E-state index is -3.89. The molecule has 0 unspecified atom stereocenters. The van der Waals surface area contributed by atoms with Crippen LogP contribution in [0.4, 0.5) is 10.1 Å². The lowest BCUT2D eigenvalue weighted by atomic mass is 10.1. The summed E-state index contributed by atoms with van der Waals surface area (Å²) in [7, 11) is -3.89. The summed E-state index contributed by atoms with van der Waals surface area (Å²) < 4.78 is 40.9. The predicted octanol–water partition coefficient (Wildman–Crippen LogP) is 3.35. The highest BCUT2D eigenvalue weighted by atomic mass is 32.2. The Bertz CT molecular complexity index is 1020. The van der Waals surface area contributed by atoms with Crippen LogP contribution in [0.5, 0.6) is 0 Å². The maximum atomic E-state index is 13.1. The van der Waals surface area contributed by atoms with Gasteiger partial charge in [-0.15, -0.1) is 0 Å². The second-order valence-electron chi connectivity index (χ2n) is 6.17. The molecule has 1 atom stereocenters. The van der Waals surface area contributed by atoms with Crippen LogP contribution in [0.3, 0.4) is 0 Å². The van der Waals surface area contributed by atoms with Crippen LogP contribution in [0.25, 0.3) is 0 Å². The Hall–Kier alpha value is -3.03. The highest BCUT2D eigenvalue weighted by Gasteiger charge is 2.26. The second kappa shape index (κ2) is 8.77. The van der Waals surface area contributed by atoms with Crippen molar-refractivity contribution >= 4 is 21.6 Å². The van der Waals surface area contributed by atoms with Crippen LogP contribution >= 0.6 is 0 Å². The van der Waals surface area contributed by atoms with Gasteiger partial charge in [0.15, 0.2) is 0 Å². The van der Waals surface area contributed by atoms with Gasteiger partial charge in [-0.05, 0) is 48.4 Å². The largest absolute Gasteiger partial charge is 0.325 e. The molecule has 0 aliphatic heterocycles. The summed E-state index contributed by atoms with van der Waals surface area (Å²) in [5.41, 5.74) is 1.18. The maximum absolute atomic E-state index is 13.1. The molecule has 3 aromatic carbocycles. The van der Waals surface area contributed by atoms with Gasteiger partial charge in [0.1, 0.15) is 11.9 Å². The summed E-state index contributed by atoms with van der Waals surface area (Å²) in [6, 6.07) is 21.2. The van der Waals surface area contributed by atoms with Crippen molar-refractivity contribution in [1.82, 2.24) is 4.72 Å². The van der Waals surface area contributed by atoms with Gasteiger partial charge in [0, 0.05) is 5.69 Å². The summed E-state index contributed by atoms with van der Waals surface area (Å²) in [5, 5.41) is 2.63. The molecule has 1 amide bonds. The van der Waals surface area contributed by atoms with Crippen LogP contribution in [0.15, 0.2) is 89.8 Å². The quantitative estimate of drug-likeness (QED) is 0.641. The molecule has 3 aromatic rings. The molecule has 0 spiro atoms. The monoisotopic (exact) mass is 398 g/mol. The number of nitrogens with one attached hydrogen (secondary N) is 2. The zero-order chi connectivity index (χ0) is 20.0. The third kappa shape index (κ3) is 5.25. The van der Waals surface area contributed by atoms with Gasteiger partial charge in [0.05, 0.1) is 4.90 Å². The number of hydrogen-bond donors (Lipinski definition) is 2. The SMILES string of the molecule is O=C(Nc1ccc(F)cc1)[C@H](Cc1ccccc1)NS(=O)(=O)c1ccccc1. The minimum absolute atomic E-state index is 0.0719. The van der Waals surface area contributed by atoms with Crippen LogP contribution in [-0.4, -0.2) is 20.4 Å². The van der Waals surface area contributed by atoms with Crippen molar-refractivity contribution in [2.75, 3.05) is 5.32 Å². The minimum Gasteiger partial charge on any atom is -0.325 e. The Morgan fingerprint density at radius 3 is 2.04 bits per heavy atom. The normalized spacial score (nSPS) is 12.3. The first-order valence-electron chi connectivity index (χ1n) is 8.62. The van der Waals surface area contributed by atoms with Crippen molar-refractivity contribution < 1.29 is 17.6 Å². The molecule has 0 fully saturated rings. The van der Waals surface area contributed by atoms with E-state index in [-0.39, 0.29) is 11.3 Å². The van der Waals surface area contributed by atoms with Crippen LogP contribution in [0.1, 0.15) is 5.56 Å². The first-order chi connectivity index (χ1) is 13.4. The molecule has 0 radical (unpaired) electrons. The van der Waals surface area contributed by atoms with Crippen molar-refractivity contribution in [3.05, 3.63) is 96.3 Å². The van der Waals surface area contributed by atoms with Crippen molar-refractivity contribution in [2.45, 2.75) is 17.4 Å². The van der Waals surface area contributed by atoms with Crippen molar-refractivity contribution in [3.63, 3.8) is 0 Å². The summed E-state index contributed by atoms with van der Waals surface area (Å²) in [6.45, 7) is 0. The first-order valence-corrected chi connectivity index (χ1v) is 10.1. The van der Waals surface area contributed by atoms with E-state index in [1.807, 2.05) is 30.3 Å². The molecule has 7 heteroatoms. The number of halogens is 1. The molecule has 0 aromatic heterocycles. The van der Waals surface area contributed by atoms with Gasteiger partial charge < -0.3 is 5.32 Å². The third-order valence-electron chi connectivity index (χ3n) is 4.06. The molecule has 144 valence electrons. The molecule has 2 N–H and O–H groups in total. The predicted molar refractivity (Wildman–Crippen MR) is 106 cm³/mol. The fourth-order valence-electron chi connectivity index (χ4n) is 2.66. The van der Waals surface area contributed by atoms with E-state index in [1.165, 1.54) is 36.4 Å². The first kappa shape index (κ1) is 19.7. The molecule has 0 saturated carbocycles. The van der Waals surface area contributed by atoms with E-state index in [2.05, 4.69) is 10.0 Å². The van der Waals surface area contributed by atoms with Gasteiger partial charge in [-0.2, -0.15) is 4.72 Å². The van der Waals surface area contributed by atoms with E-state index in [0.29, 0.717) is 5.69 Å². The zero-order valence-corrected chi connectivity index (χ0v) is 15.7. The lowest BCUT2D eigenvalue weighted by molar-refractivity contribution is -0.117. The van der Waals surface area contributed by atoms with Gasteiger partial charge >= 0.3 is 0 Å². The Labute approximate surface area is 163 Å². The number of rotatable bonds is 7. The van der Waals surface area contributed by atoms with Gasteiger partial charge in [-0.1, -0.05) is 48.5 Å². The lowest BCUT2D eigenvalue weighted by Gasteiger charge is -2.19. The Balaban J connectivity index is 1.84. The van der Waals surface area contributed by atoms with E-state index in [1.54, 1.807) is 18.2 Å². The summed E-state index contributed by atoms with van der Waals surface area (Å²) in [6.07, 6.45) is 0.167. The van der Waals surface area contributed by atoms with E-state index >= 15 is 0 Å². The smallest absolute Gasteiger partial charge is 0.242 e. The Morgan fingerprint density at radius 1 is 0.857 bits per heavy atom. The maximum Gasteiger partial charge on any atom is 0.242 e. The van der Waals surface area contributed by atoms with Crippen LogP contribution in [0, 0.1) is 5.82 Å². The van der Waals surface area contributed by atoms with Crippen molar-refractivity contribution in [3.8, 4) is 0 Å². The molecule has 0 saturated heterocycles. The van der Waals surface area contributed by atoms with E-state index in [4.69, 9.17) is 0 Å². The Kier molecular flexibility index (Phi) is 6.18. The summed E-state index contributed by atoms with van der Waals surface area (Å²) >= 11 is 0. The zero-order valence-electron chi connectivity index (χ0n) is 14.9. The van der Waals surface area contributed by atoms with Crippen LogP contribution in [-0.2, 0) is 21.2 Å². The van der Waals surface area contributed by atoms with Crippen molar-refractivity contribution in [2.24, 2.45) is 0 Å². The van der Waals surface area contributed by atoms with Gasteiger partial charge in [0.2, 0.25) is 15.9 Å². The van der Waals surface area contributed by atoms with Gasteiger partial charge in [-0.25, -0.2) is 12.8 Å². The number of hydrogen-bond acceptors (Lipinski definition) is 3. The van der Waals surface area contributed by atoms with Crippen LogP contribution in [0.2, 0.25) is 0 Å². The molecular weight excluding hydrogens is 379 g/mol. The lowest BCUT2D eigenvalue weighted by Crippen LogP contribution is -2.45. The molecule has 28 heavy (non-hydrogen) atoms. The number of anilines is 1. The summed E-state index contributed by atoms with van der Waals surface area (Å²) in [4.78, 5) is 12.9. The standard InChI is InChI=1S/C21H19FN2O3S/c22-17-11-13-18(14-12-17)23-21(25)20(15-16-7-3-1-4-8-16)24-28(26,27)19-9-5-2-6-10-19/h1-14,20,24H,15H2,(H,23,25)/t20-/m0/s1. The topological polar surface area (TPSA) is 75.3 Å². The van der Waals surface area contributed by atoms with E-state index in [9.17, 15) is 17.6 Å². The molecule has 0 heterocycles. The molecule has 5 nitrogen and oxygen atoms in total. The molecule has 0 aliphatic rings. The average molecular weight is 398 g/mol. The second-order valence-corrected chi connectivity index (χ2v) is 7.89. The van der Waals surface area contributed by atoms with Crippen LogP contribution < -0.4 is 10.0 Å². The molecule has 0 aliphatic carbocycles. The van der Waals surface area contributed by atoms with Crippen molar-refractivity contribution in [1.29, 1.82) is 0 Å². The molecule has 0 bridgehead atoms. The average Bonchev–Trinajstić information content (AvgIpc) is 2.70. The van der Waals surface area contributed by atoms with Gasteiger partial charge in [-0.3, -0.25) is 4.79 Å². The fourth-order valence-corrected chi connectivity index (χ4v) is 3.87. The van der Waals surface area contributed by atoms with E-state index < -0.39 is 27.8 Å². The third-order valence-corrected chi connectivity index (χ3v) is 5.55. The number of amides is 1. The molecule has 3 rings (SSSR count). The number of carbonyl (C=O) groups excluding carboxylic acids is 1. The highest BCUT2D eigenvalue weighted by molar-refractivity contribution is 7.89. The number of benzene rings is 3. The fraction of sp³-hybridized carbons (Fsp3) is 0.0952. The van der Waals surface area contributed by atoms with Gasteiger partial charge in [0.25, 0.3) is 0 Å². The summed E-state index contributed by atoms with van der Waals surface area (Å²) in [5.74, 6) is -0.960. The number of carbonyl (C=O) groups is 1. The molecular formula is C21H19FN2O3S. The highest BCUT2D eigenvalue weighted by Crippen LogP contribution is 2.13. The number of sulfonamides is 1. The van der Waals surface area contributed by atoms with E-state index in [0.717, 1.165) is 5.56 Å².